The summed E-state index contributed by atoms with van der Waals surface area (Å²) in [4.78, 5) is 35.9. The number of amides is 1. The van der Waals surface area contributed by atoms with Crippen molar-refractivity contribution in [3.63, 3.8) is 0 Å². The van der Waals surface area contributed by atoms with E-state index in [2.05, 4.69) is 14.9 Å². The molecule has 0 bridgehead atoms. The van der Waals surface area contributed by atoms with Crippen LogP contribution in [0.15, 0.2) is 12.3 Å². The highest BCUT2D eigenvalue weighted by atomic mass is 16.4. The Kier molecular flexibility index (Phi) is 4.22. The number of likely N-dealkylation sites (tertiary alicyclic amines) is 1. The van der Waals surface area contributed by atoms with Crippen molar-refractivity contribution in [3.8, 4) is 0 Å². The van der Waals surface area contributed by atoms with E-state index < -0.39 is 5.97 Å². The van der Waals surface area contributed by atoms with Gasteiger partial charge in [0.1, 0.15) is 5.69 Å². The molecule has 3 heterocycles. The van der Waals surface area contributed by atoms with Crippen LogP contribution in [0.25, 0.3) is 0 Å². The van der Waals surface area contributed by atoms with Crippen LogP contribution in [0.2, 0.25) is 0 Å². The van der Waals surface area contributed by atoms with Gasteiger partial charge in [-0.2, -0.15) is 0 Å². The Hall–Kier alpha value is -2.18. The predicted octanol–water partition coefficient (Wildman–Crippen LogP) is 1.01. The number of anilines is 1. The number of rotatable bonds is 3. The molecule has 1 amide bonds. The van der Waals surface area contributed by atoms with Gasteiger partial charge in [0.2, 0.25) is 5.95 Å². The van der Waals surface area contributed by atoms with Crippen LogP contribution >= 0.6 is 0 Å². The van der Waals surface area contributed by atoms with E-state index in [4.69, 9.17) is 5.11 Å². The Balaban J connectivity index is 1.67. The molecule has 2 saturated heterocycles. The minimum absolute atomic E-state index is 0.133. The average Bonchev–Trinajstić information content (AvgIpc) is 3.09. The molecule has 0 unspecified atom stereocenters. The van der Waals surface area contributed by atoms with E-state index in [1.165, 1.54) is 0 Å². The van der Waals surface area contributed by atoms with E-state index in [1.807, 2.05) is 0 Å². The molecule has 1 N–H and O–H groups in total. The highest BCUT2D eigenvalue weighted by Crippen LogP contribution is 2.20. The minimum Gasteiger partial charge on any atom is -0.481 e. The summed E-state index contributed by atoms with van der Waals surface area (Å²) < 4.78 is 0. The highest BCUT2D eigenvalue weighted by molar-refractivity contribution is 5.92. The smallest absolute Gasteiger partial charge is 0.306 e. The molecule has 0 spiro atoms. The first-order chi connectivity index (χ1) is 10.6. The number of aromatic nitrogens is 2. The molecule has 1 aromatic heterocycles. The maximum atomic E-state index is 12.5. The first-order valence-electron chi connectivity index (χ1n) is 7.75. The topological polar surface area (TPSA) is 86.6 Å². The lowest BCUT2D eigenvalue weighted by molar-refractivity contribution is -0.143. The zero-order valence-corrected chi connectivity index (χ0v) is 12.4. The Labute approximate surface area is 129 Å². The number of carbonyl (C=O) groups excluding carboxylic acids is 1. The monoisotopic (exact) mass is 304 g/mol. The summed E-state index contributed by atoms with van der Waals surface area (Å²) in [5.41, 5.74) is 0.394. The van der Waals surface area contributed by atoms with E-state index >= 15 is 0 Å². The van der Waals surface area contributed by atoms with Crippen LogP contribution in [0, 0.1) is 5.92 Å². The molecular weight excluding hydrogens is 284 g/mol. The van der Waals surface area contributed by atoms with E-state index in [0.29, 0.717) is 37.6 Å². The van der Waals surface area contributed by atoms with Gasteiger partial charge in [-0.3, -0.25) is 9.59 Å². The van der Waals surface area contributed by atoms with E-state index in [1.54, 1.807) is 17.2 Å². The lowest BCUT2D eigenvalue weighted by Gasteiger charge is -2.30. The number of nitrogens with zero attached hydrogens (tertiary/aromatic N) is 4. The van der Waals surface area contributed by atoms with Crippen molar-refractivity contribution in [2.75, 3.05) is 31.1 Å². The molecule has 0 radical (unpaired) electrons. The van der Waals surface area contributed by atoms with Crippen LogP contribution in [0.3, 0.4) is 0 Å². The molecule has 0 aliphatic carbocycles. The van der Waals surface area contributed by atoms with E-state index in [9.17, 15) is 9.59 Å². The number of hydrogen-bond donors (Lipinski definition) is 1. The highest BCUT2D eigenvalue weighted by Gasteiger charge is 2.28. The summed E-state index contributed by atoms with van der Waals surface area (Å²) in [6.07, 6.45) is 4.89. The summed E-state index contributed by atoms with van der Waals surface area (Å²) in [6.45, 7) is 2.81. The Morgan fingerprint density at radius 1 is 1.14 bits per heavy atom. The molecule has 0 atom stereocenters. The molecule has 3 rings (SSSR count). The Morgan fingerprint density at radius 2 is 1.82 bits per heavy atom. The number of carboxylic acid groups (broad SMARTS) is 1. The fraction of sp³-hybridized carbons (Fsp3) is 0.600. The Bertz CT molecular complexity index is 564. The third-order valence-electron chi connectivity index (χ3n) is 4.38. The van der Waals surface area contributed by atoms with Gasteiger partial charge in [-0.25, -0.2) is 9.97 Å². The summed E-state index contributed by atoms with van der Waals surface area (Å²) in [5.74, 6) is -0.629. The fourth-order valence-corrected chi connectivity index (χ4v) is 3.03. The van der Waals surface area contributed by atoms with Crippen molar-refractivity contribution < 1.29 is 14.7 Å². The normalized spacial score (nSPS) is 19.5. The number of carboxylic acids is 1. The van der Waals surface area contributed by atoms with Gasteiger partial charge in [0.25, 0.3) is 5.91 Å². The second kappa shape index (κ2) is 6.29. The van der Waals surface area contributed by atoms with Gasteiger partial charge in [-0.1, -0.05) is 0 Å². The van der Waals surface area contributed by atoms with Crippen molar-refractivity contribution >= 4 is 17.8 Å². The van der Waals surface area contributed by atoms with Gasteiger partial charge in [-0.15, -0.1) is 0 Å². The van der Waals surface area contributed by atoms with Crippen LogP contribution in [0.5, 0.6) is 0 Å². The van der Waals surface area contributed by atoms with E-state index in [-0.39, 0.29) is 11.8 Å². The fourth-order valence-electron chi connectivity index (χ4n) is 3.03. The number of piperidine rings is 1. The number of hydrogen-bond acceptors (Lipinski definition) is 5. The van der Waals surface area contributed by atoms with Crippen LogP contribution in [-0.4, -0.2) is 58.0 Å². The van der Waals surface area contributed by atoms with Crippen molar-refractivity contribution in [1.29, 1.82) is 0 Å². The van der Waals surface area contributed by atoms with Gasteiger partial charge in [-0.05, 0) is 31.7 Å². The van der Waals surface area contributed by atoms with E-state index in [0.717, 1.165) is 25.9 Å². The first kappa shape index (κ1) is 14.7. The molecule has 7 nitrogen and oxygen atoms in total. The third kappa shape index (κ3) is 3.03. The largest absolute Gasteiger partial charge is 0.481 e. The minimum atomic E-state index is -0.773. The van der Waals surface area contributed by atoms with Gasteiger partial charge >= 0.3 is 5.97 Å². The number of carbonyl (C=O) groups is 2. The quantitative estimate of drug-likeness (QED) is 0.897. The zero-order chi connectivity index (χ0) is 15.5. The maximum absolute atomic E-state index is 12.5. The lowest BCUT2D eigenvalue weighted by atomic mass is 9.97. The summed E-state index contributed by atoms with van der Waals surface area (Å²) in [7, 11) is 0. The molecule has 0 saturated carbocycles. The average molecular weight is 304 g/mol. The number of aliphatic carboxylic acids is 1. The molecular formula is C15H20N4O3. The molecule has 7 heteroatoms. The lowest BCUT2D eigenvalue weighted by Crippen LogP contribution is -2.40. The van der Waals surface area contributed by atoms with Gasteiger partial charge < -0.3 is 14.9 Å². The van der Waals surface area contributed by atoms with Crippen LogP contribution in [-0.2, 0) is 4.79 Å². The molecule has 2 aliphatic rings. The van der Waals surface area contributed by atoms with Crippen molar-refractivity contribution in [3.05, 3.63) is 18.0 Å². The van der Waals surface area contributed by atoms with Gasteiger partial charge in [0, 0.05) is 32.4 Å². The third-order valence-corrected chi connectivity index (χ3v) is 4.38. The van der Waals surface area contributed by atoms with Crippen molar-refractivity contribution in [2.45, 2.75) is 25.7 Å². The molecule has 22 heavy (non-hydrogen) atoms. The Morgan fingerprint density at radius 3 is 2.45 bits per heavy atom. The molecule has 2 fully saturated rings. The maximum Gasteiger partial charge on any atom is 0.306 e. The first-order valence-corrected chi connectivity index (χ1v) is 7.75. The second-order valence-electron chi connectivity index (χ2n) is 5.84. The summed E-state index contributed by atoms with van der Waals surface area (Å²) in [5, 5.41) is 9.01. The summed E-state index contributed by atoms with van der Waals surface area (Å²) >= 11 is 0. The zero-order valence-electron chi connectivity index (χ0n) is 12.4. The van der Waals surface area contributed by atoms with Crippen molar-refractivity contribution in [2.24, 2.45) is 5.92 Å². The van der Waals surface area contributed by atoms with Crippen LogP contribution in [0.1, 0.15) is 36.2 Å². The standard InChI is InChI=1S/C15H20N4O3/c20-13(18-9-4-11(5-10-18)14(21)22)12-3-6-16-15(17-12)19-7-1-2-8-19/h3,6,11H,1-2,4-5,7-10H2,(H,21,22). The molecule has 2 aliphatic heterocycles. The molecule has 118 valence electrons. The van der Waals surface area contributed by atoms with Crippen molar-refractivity contribution in [1.82, 2.24) is 14.9 Å². The van der Waals surface area contributed by atoms with Crippen LogP contribution in [0.4, 0.5) is 5.95 Å². The SMILES string of the molecule is O=C(O)C1CCN(C(=O)c2ccnc(N3CCCC3)n2)CC1. The predicted molar refractivity (Wildman–Crippen MR) is 79.7 cm³/mol. The van der Waals surface area contributed by atoms with Gasteiger partial charge in [0.05, 0.1) is 5.92 Å². The molecule has 1 aromatic rings. The molecule has 0 aromatic carbocycles. The summed E-state index contributed by atoms with van der Waals surface area (Å²) in [6, 6.07) is 1.63. The van der Waals surface area contributed by atoms with Crippen LogP contribution < -0.4 is 4.90 Å². The second-order valence-corrected chi connectivity index (χ2v) is 5.84. The van der Waals surface area contributed by atoms with Gasteiger partial charge in [0.15, 0.2) is 0 Å².